The van der Waals surface area contributed by atoms with E-state index in [9.17, 15) is 4.79 Å². The van der Waals surface area contributed by atoms with Crippen LogP contribution in [0, 0.1) is 6.92 Å². The standard InChI is InChI=1S/C16H20N2O3/c1-10-13(12-5-3-4-6-14(12)21-10)9-18-7-8-20-11(2)15(18)16(17)19/h3-6,11,15H,7-9H2,1-2H3,(H2,17,19)/t11-,15+/m1/s1. The van der Waals surface area contributed by atoms with Gasteiger partial charge in [-0.3, -0.25) is 9.69 Å². The number of morpholine rings is 1. The highest BCUT2D eigenvalue weighted by molar-refractivity contribution is 5.83. The van der Waals surface area contributed by atoms with Gasteiger partial charge in [-0.1, -0.05) is 18.2 Å². The molecule has 2 heterocycles. The first kappa shape index (κ1) is 14.1. The fourth-order valence-corrected chi connectivity index (χ4v) is 3.09. The monoisotopic (exact) mass is 288 g/mol. The van der Waals surface area contributed by atoms with E-state index in [4.69, 9.17) is 14.9 Å². The van der Waals surface area contributed by atoms with E-state index in [1.165, 1.54) is 0 Å². The molecule has 0 saturated carbocycles. The molecule has 0 radical (unpaired) electrons. The fraction of sp³-hybridized carbons (Fsp3) is 0.438. The van der Waals surface area contributed by atoms with Gasteiger partial charge in [-0.25, -0.2) is 0 Å². The largest absolute Gasteiger partial charge is 0.461 e. The van der Waals surface area contributed by atoms with Crippen molar-refractivity contribution in [3.63, 3.8) is 0 Å². The van der Waals surface area contributed by atoms with Crippen LogP contribution in [0.25, 0.3) is 11.0 Å². The number of nitrogens with zero attached hydrogens (tertiary/aromatic N) is 1. The van der Waals surface area contributed by atoms with Gasteiger partial charge in [-0.2, -0.15) is 0 Å². The number of hydrogen-bond acceptors (Lipinski definition) is 4. The summed E-state index contributed by atoms with van der Waals surface area (Å²) in [4.78, 5) is 13.8. The molecule has 1 aliphatic rings. The van der Waals surface area contributed by atoms with Crippen molar-refractivity contribution in [1.29, 1.82) is 0 Å². The van der Waals surface area contributed by atoms with E-state index in [2.05, 4.69) is 4.90 Å². The second-order valence-electron chi connectivity index (χ2n) is 5.53. The SMILES string of the molecule is Cc1oc2ccccc2c1CN1CCO[C@H](C)[C@H]1C(N)=O. The van der Waals surface area contributed by atoms with E-state index >= 15 is 0 Å². The van der Waals surface area contributed by atoms with Crippen molar-refractivity contribution in [3.05, 3.63) is 35.6 Å². The zero-order valence-corrected chi connectivity index (χ0v) is 12.3. The van der Waals surface area contributed by atoms with Crippen molar-refractivity contribution in [2.45, 2.75) is 32.5 Å². The summed E-state index contributed by atoms with van der Waals surface area (Å²) in [7, 11) is 0. The molecule has 1 amide bonds. The Morgan fingerprint density at radius 1 is 1.43 bits per heavy atom. The number of aryl methyl sites for hydroxylation is 1. The minimum absolute atomic E-state index is 0.185. The molecule has 0 unspecified atom stereocenters. The van der Waals surface area contributed by atoms with Crippen LogP contribution in [0.3, 0.4) is 0 Å². The Hall–Kier alpha value is -1.85. The third-order valence-corrected chi connectivity index (χ3v) is 4.15. The van der Waals surface area contributed by atoms with Crippen LogP contribution in [0.15, 0.2) is 28.7 Å². The van der Waals surface area contributed by atoms with Crippen LogP contribution in [-0.2, 0) is 16.1 Å². The summed E-state index contributed by atoms with van der Waals surface area (Å²) in [6, 6.07) is 7.56. The molecule has 1 fully saturated rings. The van der Waals surface area contributed by atoms with Gasteiger partial charge >= 0.3 is 0 Å². The van der Waals surface area contributed by atoms with Crippen molar-refractivity contribution in [2.24, 2.45) is 5.73 Å². The molecule has 0 spiro atoms. The number of nitrogens with two attached hydrogens (primary N) is 1. The summed E-state index contributed by atoms with van der Waals surface area (Å²) in [5, 5.41) is 1.09. The number of fused-ring (bicyclic) bond motifs is 1. The summed E-state index contributed by atoms with van der Waals surface area (Å²) < 4.78 is 11.3. The van der Waals surface area contributed by atoms with Crippen LogP contribution in [0.2, 0.25) is 0 Å². The van der Waals surface area contributed by atoms with Crippen LogP contribution in [0.5, 0.6) is 0 Å². The molecule has 3 rings (SSSR count). The number of primary amides is 1. The normalized spacial score (nSPS) is 23.5. The zero-order chi connectivity index (χ0) is 15.0. The first-order valence-electron chi connectivity index (χ1n) is 7.20. The first-order chi connectivity index (χ1) is 10.1. The minimum atomic E-state index is -0.396. The Morgan fingerprint density at radius 2 is 2.19 bits per heavy atom. The molecule has 21 heavy (non-hydrogen) atoms. The number of rotatable bonds is 3. The number of carbonyl (C=O) groups is 1. The summed E-state index contributed by atoms with van der Waals surface area (Å²) in [6.45, 7) is 5.79. The summed E-state index contributed by atoms with van der Waals surface area (Å²) in [5.41, 5.74) is 7.54. The van der Waals surface area contributed by atoms with Crippen LogP contribution < -0.4 is 5.73 Å². The molecule has 0 aliphatic carbocycles. The van der Waals surface area contributed by atoms with Gasteiger partial charge in [0, 0.05) is 24.0 Å². The number of para-hydroxylation sites is 1. The molecule has 1 aliphatic heterocycles. The van der Waals surface area contributed by atoms with Crippen molar-refractivity contribution >= 4 is 16.9 Å². The van der Waals surface area contributed by atoms with Gasteiger partial charge in [0.15, 0.2) is 0 Å². The molecular weight excluding hydrogens is 268 g/mol. The van der Waals surface area contributed by atoms with Crippen LogP contribution in [-0.4, -0.2) is 36.1 Å². The molecule has 1 aromatic heterocycles. The highest BCUT2D eigenvalue weighted by atomic mass is 16.5. The van der Waals surface area contributed by atoms with Crippen LogP contribution in [0.4, 0.5) is 0 Å². The Bertz CT molecular complexity index is 665. The Kier molecular flexibility index (Phi) is 3.69. The van der Waals surface area contributed by atoms with E-state index in [1.54, 1.807) is 0 Å². The molecule has 1 saturated heterocycles. The average Bonchev–Trinajstić information content (AvgIpc) is 2.75. The van der Waals surface area contributed by atoms with Gasteiger partial charge in [0.25, 0.3) is 0 Å². The van der Waals surface area contributed by atoms with Gasteiger partial charge in [-0.05, 0) is 19.9 Å². The highest BCUT2D eigenvalue weighted by Gasteiger charge is 2.34. The van der Waals surface area contributed by atoms with E-state index in [0.29, 0.717) is 19.7 Å². The molecular formula is C16H20N2O3. The summed E-state index contributed by atoms with van der Waals surface area (Å²) >= 11 is 0. The van der Waals surface area contributed by atoms with Gasteiger partial charge in [0.2, 0.25) is 5.91 Å². The highest BCUT2D eigenvalue weighted by Crippen LogP contribution is 2.28. The van der Waals surface area contributed by atoms with Gasteiger partial charge in [0.1, 0.15) is 17.4 Å². The Labute approximate surface area is 123 Å². The fourth-order valence-electron chi connectivity index (χ4n) is 3.09. The van der Waals surface area contributed by atoms with E-state index < -0.39 is 6.04 Å². The molecule has 5 nitrogen and oxygen atoms in total. The molecule has 2 N–H and O–H groups in total. The zero-order valence-electron chi connectivity index (χ0n) is 12.3. The lowest BCUT2D eigenvalue weighted by molar-refractivity contribution is -0.136. The predicted molar refractivity (Wildman–Crippen MR) is 79.8 cm³/mol. The molecule has 112 valence electrons. The average molecular weight is 288 g/mol. The molecule has 5 heteroatoms. The first-order valence-corrected chi connectivity index (χ1v) is 7.20. The number of hydrogen-bond donors (Lipinski definition) is 1. The summed E-state index contributed by atoms with van der Waals surface area (Å²) in [5.74, 6) is 0.547. The molecule has 0 bridgehead atoms. The van der Waals surface area contributed by atoms with E-state index in [-0.39, 0.29) is 12.0 Å². The lowest BCUT2D eigenvalue weighted by Gasteiger charge is -2.37. The number of amides is 1. The van der Waals surface area contributed by atoms with Gasteiger partial charge < -0.3 is 14.9 Å². The van der Waals surface area contributed by atoms with E-state index in [1.807, 2.05) is 38.1 Å². The molecule has 1 aromatic carbocycles. The third-order valence-electron chi connectivity index (χ3n) is 4.15. The van der Waals surface area contributed by atoms with Gasteiger partial charge in [0.05, 0.1) is 12.7 Å². The quantitative estimate of drug-likeness (QED) is 0.935. The lowest BCUT2D eigenvalue weighted by Crippen LogP contribution is -2.56. The van der Waals surface area contributed by atoms with Crippen molar-refractivity contribution < 1.29 is 13.9 Å². The maximum absolute atomic E-state index is 11.7. The van der Waals surface area contributed by atoms with Gasteiger partial charge in [-0.15, -0.1) is 0 Å². The predicted octanol–water partition coefficient (Wildman–Crippen LogP) is 1.82. The van der Waals surface area contributed by atoms with Crippen LogP contribution in [0.1, 0.15) is 18.2 Å². The number of furan rings is 1. The molecule has 2 aromatic rings. The minimum Gasteiger partial charge on any atom is -0.461 e. The third kappa shape index (κ3) is 2.54. The Balaban J connectivity index is 1.93. The van der Waals surface area contributed by atoms with Crippen molar-refractivity contribution in [1.82, 2.24) is 4.90 Å². The number of ether oxygens (including phenoxy) is 1. The second-order valence-corrected chi connectivity index (χ2v) is 5.53. The summed E-state index contributed by atoms with van der Waals surface area (Å²) in [6.07, 6.45) is -0.185. The Morgan fingerprint density at radius 3 is 2.95 bits per heavy atom. The maximum atomic E-state index is 11.7. The smallest absolute Gasteiger partial charge is 0.237 e. The maximum Gasteiger partial charge on any atom is 0.237 e. The van der Waals surface area contributed by atoms with Crippen molar-refractivity contribution in [2.75, 3.05) is 13.2 Å². The van der Waals surface area contributed by atoms with Crippen molar-refractivity contribution in [3.8, 4) is 0 Å². The second kappa shape index (κ2) is 5.50. The number of carbonyl (C=O) groups excluding carboxylic acids is 1. The van der Waals surface area contributed by atoms with Crippen LogP contribution >= 0.6 is 0 Å². The van der Waals surface area contributed by atoms with E-state index in [0.717, 1.165) is 22.3 Å². The topological polar surface area (TPSA) is 68.7 Å². The molecule has 2 atom stereocenters. The number of benzene rings is 1. The lowest BCUT2D eigenvalue weighted by atomic mass is 10.0.